The van der Waals surface area contributed by atoms with Crippen LogP contribution in [0.15, 0.2) is 18.6 Å². The van der Waals surface area contributed by atoms with Gasteiger partial charge in [-0.25, -0.2) is 0 Å². The molecular weight excluding hydrogens is 323 g/mol. The van der Waals surface area contributed by atoms with Crippen LogP contribution in [0.2, 0.25) is 0 Å². The van der Waals surface area contributed by atoms with Gasteiger partial charge in [-0.1, -0.05) is 0 Å². The number of benzene rings is 1. The van der Waals surface area contributed by atoms with Crippen molar-refractivity contribution in [3.05, 3.63) is 34.0 Å². The van der Waals surface area contributed by atoms with E-state index < -0.39 is 16.5 Å². The fraction of sp³-hybridized carbons (Fsp3) is 0.250. The molecule has 1 aliphatic rings. The van der Waals surface area contributed by atoms with Gasteiger partial charge in [0.05, 0.1) is 0 Å². The number of hydrogen-bond acceptors (Lipinski definition) is 2. The number of hydrogen-bond donors (Lipinski definition) is 0. The third-order valence-corrected chi connectivity index (χ3v) is 6.24. The van der Waals surface area contributed by atoms with E-state index in [9.17, 15) is 0 Å². The van der Waals surface area contributed by atoms with Crippen LogP contribution in [0.25, 0.3) is 0 Å². The van der Waals surface area contributed by atoms with Gasteiger partial charge in [0.25, 0.3) is 0 Å². The molecule has 0 saturated carbocycles. The average Bonchev–Trinajstić information content (AvgIpc) is 2.24. The quantitative estimate of drug-likeness (QED) is 0.644. The van der Waals surface area contributed by atoms with Crippen molar-refractivity contribution in [2.75, 3.05) is 0 Å². The van der Waals surface area contributed by atoms with E-state index in [4.69, 9.17) is 17.9 Å². The molecule has 0 amide bonds. The maximum absolute atomic E-state index is 5.96. The van der Waals surface area contributed by atoms with Crippen molar-refractivity contribution in [3.8, 4) is 0 Å². The fourth-order valence-electron chi connectivity index (χ4n) is 1.19. The molecule has 70 valence electrons. The number of fused-ring (bicyclic) bond motifs is 1. The zero-order valence-corrected chi connectivity index (χ0v) is 11.1. The molecule has 2 nitrogen and oxygen atoms in total. The first-order chi connectivity index (χ1) is 5.98. The van der Waals surface area contributed by atoms with Crippen molar-refractivity contribution in [1.82, 2.24) is 0 Å². The third kappa shape index (κ3) is 1.85. The Bertz CT molecular complexity index is 439. The minimum atomic E-state index is -3.20. The van der Waals surface area contributed by atoms with Gasteiger partial charge in [-0.2, -0.15) is 0 Å². The van der Waals surface area contributed by atoms with E-state index in [1.807, 2.05) is 26.0 Å². The molecule has 0 bridgehead atoms. The fourth-order valence-corrected chi connectivity index (χ4v) is 5.49. The van der Waals surface area contributed by atoms with Gasteiger partial charge in [0.2, 0.25) is 0 Å². The molecule has 0 saturated heterocycles. The monoisotopic (exact) mass is 332 g/mol. The molecule has 0 fully saturated rings. The molecule has 13 heavy (non-hydrogen) atoms. The van der Waals surface area contributed by atoms with Crippen molar-refractivity contribution in [1.29, 1.82) is 0 Å². The van der Waals surface area contributed by atoms with Crippen LogP contribution in [0.5, 0.6) is 0 Å². The van der Waals surface area contributed by atoms with Gasteiger partial charge < -0.3 is 0 Å². The number of nitrogens with zero attached hydrogens (tertiary/aromatic N) is 2. The molecule has 1 aromatic rings. The van der Waals surface area contributed by atoms with Gasteiger partial charge >= 0.3 is 88.7 Å². The molecule has 0 atom stereocenters. The summed E-state index contributed by atoms with van der Waals surface area (Å²) in [6, 6.07) is 3.99. The van der Waals surface area contributed by atoms with E-state index >= 15 is 0 Å². The van der Waals surface area contributed by atoms with E-state index in [0.717, 1.165) is 10.7 Å². The first-order valence-electron chi connectivity index (χ1n) is 3.78. The molecule has 0 unspecified atom stereocenters. The number of halogens is 2. The summed E-state index contributed by atoms with van der Waals surface area (Å²) < 4.78 is 8.48. The van der Waals surface area contributed by atoms with Gasteiger partial charge in [0, 0.05) is 0 Å². The van der Waals surface area contributed by atoms with E-state index in [1.54, 1.807) is 0 Å². The van der Waals surface area contributed by atoms with Gasteiger partial charge in [-0.3, -0.25) is 0 Å². The molecule has 1 aromatic carbocycles. The summed E-state index contributed by atoms with van der Waals surface area (Å²) in [6.07, 6.45) is 0. The van der Waals surface area contributed by atoms with Crippen LogP contribution in [0.1, 0.15) is 11.1 Å². The van der Waals surface area contributed by atoms with Gasteiger partial charge in [-0.15, -0.1) is 0 Å². The summed E-state index contributed by atoms with van der Waals surface area (Å²) in [5.41, 5.74) is 2.40. The van der Waals surface area contributed by atoms with Crippen LogP contribution in [-0.2, 0) is 0 Å². The summed E-state index contributed by atoms with van der Waals surface area (Å²) in [6.45, 7) is 4.09. The third-order valence-electron chi connectivity index (χ3n) is 2.01. The van der Waals surface area contributed by atoms with Crippen LogP contribution in [0.3, 0.4) is 0 Å². The summed E-state index contributed by atoms with van der Waals surface area (Å²) in [5, 5.41) is 1.71. The maximum atomic E-state index is 5.96. The summed E-state index contributed by atoms with van der Waals surface area (Å²) in [5.74, 6) is 0. The van der Waals surface area contributed by atoms with Crippen LogP contribution in [0, 0.1) is 13.8 Å². The summed E-state index contributed by atoms with van der Waals surface area (Å²) in [4.78, 5) is 0. The van der Waals surface area contributed by atoms with Crippen molar-refractivity contribution in [3.63, 3.8) is 0 Å². The number of aryl methyl sites for hydroxylation is 2. The zero-order valence-electron chi connectivity index (χ0n) is 7.21. The second kappa shape index (κ2) is 3.10. The van der Waals surface area contributed by atoms with Crippen molar-refractivity contribution in [2.45, 2.75) is 13.8 Å². The Morgan fingerprint density at radius 3 is 1.77 bits per heavy atom. The van der Waals surface area contributed by atoms with Crippen molar-refractivity contribution >= 4 is 34.4 Å². The van der Waals surface area contributed by atoms with Gasteiger partial charge in [-0.05, 0) is 0 Å². The Kier molecular flexibility index (Phi) is 2.32. The van der Waals surface area contributed by atoms with E-state index in [1.165, 1.54) is 11.1 Å². The second-order valence-electron chi connectivity index (χ2n) is 3.02. The molecule has 2 rings (SSSR count). The first-order valence-corrected chi connectivity index (χ1v) is 11.8. The van der Waals surface area contributed by atoms with E-state index in [2.05, 4.69) is 6.49 Å². The molecule has 1 aliphatic heterocycles. The summed E-state index contributed by atoms with van der Waals surface area (Å²) >= 11 is -3.20. The molecular formula is C8H8Cl2N2Te. The topological polar surface area (TPSA) is 24.7 Å². The molecule has 0 N–H and O–H groups in total. The SMILES string of the molecule is Cc1cc2c(cc1C)=N[Te](Cl)(Cl)N=2. The second-order valence-corrected chi connectivity index (χ2v) is 13.3. The Labute approximate surface area is 88.3 Å². The van der Waals surface area contributed by atoms with Gasteiger partial charge in [0.1, 0.15) is 0 Å². The van der Waals surface area contributed by atoms with E-state index in [0.29, 0.717) is 0 Å². The minimum absolute atomic E-state index is 0.856. The van der Waals surface area contributed by atoms with E-state index in [-0.39, 0.29) is 0 Å². The van der Waals surface area contributed by atoms with Crippen LogP contribution in [0.4, 0.5) is 0 Å². The number of rotatable bonds is 0. The Morgan fingerprint density at radius 2 is 1.38 bits per heavy atom. The normalized spacial score (nSPS) is 20.0. The Balaban J connectivity index is 2.80. The van der Waals surface area contributed by atoms with Crippen LogP contribution in [-0.4, -0.2) is 16.5 Å². The molecule has 1 heterocycles. The molecule has 0 aliphatic carbocycles. The molecule has 0 spiro atoms. The Hall–Kier alpha value is 0.190. The summed E-state index contributed by atoms with van der Waals surface area (Å²) in [7, 11) is 11.9. The molecule has 5 heteroatoms. The molecule has 0 radical (unpaired) electrons. The van der Waals surface area contributed by atoms with Gasteiger partial charge in [0.15, 0.2) is 0 Å². The Morgan fingerprint density at radius 1 is 1.00 bits per heavy atom. The first kappa shape index (κ1) is 9.73. The zero-order chi connectivity index (χ0) is 9.64. The van der Waals surface area contributed by atoms with Crippen LogP contribution >= 0.6 is 17.9 Å². The van der Waals surface area contributed by atoms with Crippen LogP contribution < -0.4 is 10.7 Å². The van der Waals surface area contributed by atoms with Crippen molar-refractivity contribution < 1.29 is 0 Å². The predicted octanol–water partition coefficient (Wildman–Crippen LogP) is 1.47. The predicted molar refractivity (Wildman–Crippen MR) is 55.7 cm³/mol. The standard InChI is InChI=1S/C8H8Cl2N2Te/c1-5-3-7-8(4-6(5)2)12-13(9,10)11-7/h3-4H,1-2H3. The van der Waals surface area contributed by atoms with Crippen molar-refractivity contribution in [2.24, 2.45) is 6.49 Å². The average molecular weight is 331 g/mol. The molecule has 0 aromatic heterocycles.